The molecule has 0 atom stereocenters. The molecule has 0 amide bonds. The van der Waals surface area contributed by atoms with Crippen LogP contribution in [0.4, 0.5) is 13.2 Å². The zero-order chi connectivity index (χ0) is 13.7. The Morgan fingerprint density at radius 2 is 2.00 bits per heavy atom. The largest absolute Gasteiger partial charge is 0.573 e. The first-order valence-corrected chi connectivity index (χ1v) is 6.40. The first kappa shape index (κ1) is 13.8. The standard InChI is InChI=1S/C12H11F3N2OS/c13-12(14,15)18-11-4-2-1-3-9(11)5-16-6-10-7-19-8-17-10/h1-4,7-8,16H,5-6H2. The number of para-hydroxylation sites is 1. The van der Waals surface area contributed by atoms with E-state index in [0.29, 0.717) is 12.1 Å². The van der Waals surface area contributed by atoms with E-state index in [1.165, 1.54) is 23.5 Å². The molecule has 0 aliphatic rings. The van der Waals surface area contributed by atoms with E-state index in [2.05, 4.69) is 15.0 Å². The summed E-state index contributed by atoms with van der Waals surface area (Å²) in [6, 6.07) is 6.07. The number of hydrogen-bond donors (Lipinski definition) is 1. The summed E-state index contributed by atoms with van der Waals surface area (Å²) in [5.74, 6) is -0.180. The van der Waals surface area contributed by atoms with Gasteiger partial charge in [0.15, 0.2) is 0 Å². The van der Waals surface area contributed by atoms with Crippen LogP contribution in [0.3, 0.4) is 0 Å². The molecule has 102 valence electrons. The molecule has 2 rings (SSSR count). The lowest BCUT2D eigenvalue weighted by Crippen LogP contribution is -2.20. The highest BCUT2D eigenvalue weighted by molar-refractivity contribution is 7.07. The highest BCUT2D eigenvalue weighted by Crippen LogP contribution is 2.26. The molecule has 1 heterocycles. The van der Waals surface area contributed by atoms with Gasteiger partial charge in [0, 0.05) is 24.0 Å². The Kier molecular flexibility index (Phi) is 4.39. The molecule has 1 aromatic heterocycles. The zero-order valence-corrected chi connectivity index (χ0v) is 10.6. The number of hydrogen-bond acceptors (Lipinski definition) is 4. The van der Waals surface area contributed by atoms with Gasteiger partial charge in [-0.2, -0.15) is 0 Å². The van der Waals surface area contributed by atoms with E-state index in [1.807, 2.05) is 5.38 Å². The number of aromatic nitrogens is 1. The number of benzene rings is 1. The van der Waals surface area contributed by atoms with Crippen molar-refractivity contribution >= 4 is 11.3 Å². The smallest absolute Gasteiger partial charge is 0.405 e. The quantitative estimate of drug-likeness (QED) is 0.916. The maximum absolute atomic E-state index is 12.2. The second-order valence-corrected chi connectivity index (χ2v) is 4.46. The molecule has 7 heteroatoms. The van der Waals surface area contributed by atoms with E-state index in [4.69, 9.17) is 0 Å². The Bertz CT molecular complexity index is 514. The van der Waals surface area contributed by atoms with Crippen molar-refractivity contribution in [3.05, 3.63) is 46.4 Å². The van der Waals surface area contributed by atoms with Gasteiger partial charge in [0.05, 0.1) is 11.2 Å². The maximum Gasteiger partial charge on any atom is 0.573 e. The minimum absolute atomic E-state index is 0.180. The summed E-state index contributed by atoms with van der Waals surface area (Å²) in [6.45, 7) is 0.785. The summed E-state index contributed by atoms with van der Waals surface area (Å²) < 4.78 is 40.6. The second kappa shape index (κ2) is 6.03. The molecule has 0 radical (unpaired) electrons. The molecule has 1 aromatic carbocycles. The van der Waals surface area contributed by atoms with Crippen molar-refractivity contribution in [2.45, 2.75) is 19.5 Å². The van der Waals surface area contributed by atoms with Crippen LogP contribution in [-0.2, 0) is 13.1 Å². The molecule has 0 bridgehead atoms. The summed E-state index contributed by atoms with van der Waals surface area (Å²) >= 11 is 1.47. The third-order valence-electron chi connectivity index (χ3n) is 2.30. The number of thiazole rings is 1. The number of nitrogens with one attached hydrogen (secondary N) is 1. The summed E-state index contributed by atoms with van der Waals surface area (Å²) in [5.41, 5.74) is 3.02. The van der Waals surface area contributed by atoms with E-state index in [9.17, 15) is 13.2 Å². The van der Waals surface area contributed by atoms with Gasteiger partial charge >= 0.3 is 6.36 Å². The lowest BCUT2D eigenvalue weighted by atomic mass is 10.2. The third-order valence-corrected chi connectivity index (χ3v) is 2.94. The number of halogens is 3. The molecule has 1 N–H and O–H groups in total. The molecule has 0 saturated carbocycles. The first-order valence-electron chi connectivity index (χ1n) is 5.46. The van der Waals surface area contributed by atoms with Crippen LogP contribution in [0.1, 0.15) is 11.3 Å². The molecule has 19 heavy (non-hydrogen) atoms. The van der Waals surface area contributed by atoms with Gasteiger partial charge < -0.3 is 10.1 Å². The maximum atomic E-state index is 12.2. The predicted molar refractivity (Wildman–Crippen MR) is 65.8 cm³/mol. The molecular weight excluding hydrogens is 277 g/mol. The lowest BCUT2D eigenvalue weighted by Gasteiger charge is -2.13. The molecule has 0 saturated heterocycles. The van der Waals surface area contributed by atoms with Crippen molar-refractivity contribution in [2.75, 3.05) is 0 Å². The average molecular weight is 288 g/mol. The lowest BCUT2D eigenvalue weighted by molar-refractivity contribution is -0.274. The number of nitrogens with zero attached hydrogens (tertiary/aromatic N) is 1. The third kappa shape index (κ3) is 4.53. The molecule has 0 unspecified atom stereocenters. The van der Waals surface area contributed by atoms with Crippen molar-refractivity contribution in [1.82, 2.24) is 10.3 Å². The van der Waals surface area contributed by atoms with E-state index in [-0.39, 0.29) is 12.3 Å². The van der Waals surface area contributed by atoms with Gasteiger partial charge in [-0.25, -0.2) is 4.98 Å². The van der Waals surface area contributed by atoms with Crippen molar-refractivity contribution in [3.63, 3.8) is 0 Å². The van der Waals surface area contributed by atoms with Crippen molar-refractivity contribution in [3.8, 4) is 5.75 Å². The van der Waals surface area contributed by atoms with Gasteiger partial charge in [0.25, 0.3) is 0 Å². The van der Waals surface area contributed by atoms with Gasteiger partial charge in [-0.3, -0.25) is 0 Å². The highest BCUT2D eigenvalue weighted by atomic mass is 32.1. The minimum atomic E-state index is -4.68. The second-order valence-electron chi connectivity index (χ2n) is 3.74. The van der Waals surface area contributed by atoms with Crippen molar-refractivity contribution in [2.24, 2.45) is 0 Å². The Morgan fingerprint density at radius 1 is 1.21 bits per heavy atom. The monoisotopic (exact) mass is 288 g/mol. The van der Waals surface area contributed by atoms with Crippen LogP contribution >= 0.6 is 11.3 Å². The van der Waals surface area contributed by atoms with E-state index in [0.717, 1.165) is 5.69 Å². The fraction of sp³-hybridized carbons (Fsp3) is 0.250. The van der Waals surface area contributed by atoms with E-state index < -0.39 is 6.36 Å². The molecule has 0 spiro atoms. The SMILES string of the molecule is FC(F)(F)Oc1ccccc1CNCc1cscn1. The summed E-state index contributed by atoms with van der Waals surface area (Å²) in [7, 11) is 0. The van der Waals surface area contributed by atoms with Crippen LogP contribution in [0.2, 0.25) is 0 Å². The number of rotatable bonds is 5. The topological polar surface area (TPSA) is 34.1 Å². The van der Waals surface area contributed by atoms with Gasteiger partial charge in [-0.1, -0.05) is 18.2 Å². The Balaban J connectivity index is 1.96. The van der Waals surface area contributed by atoms with Gasteiger partial charge in [0.2, 0.25) is 0 Å². The Hall–Kier alpha value is -1.60. The summed E-state index contributed by atoms with van der Waals surface area (Å²) in [4.78, 5) is 4.07. The van der Waals surface area contributed by atoms with E-state index >= 15 is 0 Å². The molecule has 3 nitrogen and oxygen atoms in total. The molecular formula is C12H11F3N2OS. The fourth-order valence-electron chi connectivity index (χ4n) is 1.52. The van der Waals surface area contributed by atoms with Crippen molar-refractivity contribution in [1.29, 1.82) is 0 Å². The predicted octanol–water partition coefficient (Wildman–Crippen LogP) is 3.33. The first-order chi connectivity index (χ1) is 9.04. The Morgan fingerprint density at radius 3 is 2.68 bits per heavy atom. The summed E-state index contributed by atoms with van der Waals surface area (Å²) in [5, 5.41) is 4.91. The van der Waals surface area contributed by atoms with Crippen LogP contribution in [0.15, 0.2) is 35.2 Å². The van der Waals surface area contributed by atoms with Gasteiger partial charge in [0.1, 0.15) is 5.75 Å². The summed E-state index contributed by atoms with van der Waals surface area (Å²) in [6.07, 6.45) is -4.68. The fourth-order valence-corrected chi connectivity index (χ4v) is 2.08. The number of ether oxygens (including phenoxy) is 1. The molecule has 2 aromatic rings. The van der Waals surface area contributed by atoms with Crippen LogP contribution in [0.5, 0.6) is 5.75 Å². The van der Waals surface area contributed by atoms with Crippen LogP contribution in [0, 0.1) is 0 Å². The van der Waals surface area contributed by atoms with Crippen molar-refractivity contribution < 1.29 is 17.9 Å². The minimum Gasteiger partial charge on any atom is -0.405 e. The van der Waals surface area contributed by atoms with Crippen LogP contribution in [0.25, 0.3) is 0 Å². The van der Waals surface area contributed by atoms with Crippen LogP contribution in [-0.4, -0.2) is 11.3 Å². The molecule has 0 fully saturated rings. The van der Waals surface area contributed by atoms with Gasteiger partial charge in [-0.05, 0) is 6.07 Å². The highest BCUT2D eigenvalue weighted by Gasteiger charge is 2.31. The number of alkyl halides is 3. The molecule has 0 aliphatic carbocycles. The average Bonchev–Trinajstić information content (AvgIpc) is 2.82. The van der Waals surface area contributed by atoms with Gasteiger partial charge in [-0.15, -0.1) is 24.5 Å². The zero-order valence-electron chi connectivity index (χ0n) is 9.78. The normalized spacial score (nSPS) is 11.5. The van der Waals surface area contributed by atoms with E-state index in [1.54, 1.807) is 17.6 Å². The Labute approximate surface area is 112 Å². The van der Waals surface area contributed by atoms with Crippen LogP contribution < -0.4 is 10.1 Å². The molecule has 0 aliphatic heterocycles.